The highest BCUT2D eigenvalue weighted by atomic mass is 35.5. The molecule has 1 aliphatic rings. The van der Waals surface area contributed by atoms with Crippen LogP contribution in [0.2, 0.25) is 5.02 Å². The van der Waals surface area contributed by atoms with Crippen LogP contribution in [-0.2, 0) is 15.1 Å². The number of nitrogens with zero attached hydrogens (tertiary/aromatic N) is 3. The highest BCUT2D eigenvalue weighted by Crippen LogP contribution is 2.46. The highest BCUT2D eigenvalue weighted by Gasteiger charge is 2.47. The van der Waals surface area contributed by atoms with Gasteiger partial charge in [-0.1, -0.05) is 84.4 Å². The van der Waals surface area contributed by atoms with Crippen LogP contribution in [0.15, 0.2) is 133 Å². The van der Waals surface area contributed by atoms with Crippen LogP contribution in [0.25, 0.3) is 10.9 Å². The van der Waals surface area contributed by atoms with Gasteiger partial charge in [0.25, 0.3) is 5.91 Å². The lowest BCUT2D eigenvalue weighted by Crippen LogP contribution is -2.46. The van der Waals surface area contributed by atoms with E-state index in [1.807, 2.05) is 148 Å². The lowest BCUT2D eigenvalue weighted by atomic mass is 9.88. The standard InChI is InChI=1S/C44H40ClN3O5/c1-43(2,3)53-42(50)47-27-36(34-14-10-11-15-37(34)47)44(4)41(49)48(38-25-20-31(45)26-35(38)39(46-44)28-12-8-7-9-13-28)40(29-16-21-32(51-5)22-17-29)30-18-23-33(52-6)24-19-30/h7-27,40H,1-6H3/t44-/m1/s1. The first-order valence-electron chi connectivity index (χ1n) is 17.3. The van der Waals surface area contributed by atoms with Crippen LogP contribution >= 0.6 is 11.6 Å². The average molecular weight is 726 g/mol. The molecule has 2 heterocycles. The molecule has 0 saturated heterocycles. The summed E-state index contributed by atoms with van der Waals surface area (Å²) in [5, 5.41) is 1.19. The molecule has 8 nitrogen and oxygen atoms in total. The molecule has 0 aliphatic carbocycles. The van der Waals surface area contributed by atoms with Gasteiger partial charge in [0, 0.05) is 33.3 Å². The molecule has 0 saturated carbocycles. The number of para-hydroxylation sites is 1. The molecule has 9 heteroatoms. The maximum atomic E-state index is 16.0. The maximum absolute atomic E-state index is 16.0. The lowest BCUT2D eigenvalue weighted by Gasteiger charge is -2.37. The minimum absolute atomic E-state index is 0.310. The van der Waals surface area contributed by atoms with Crippen molar-refractivity contribution in [3.63, 3.8) is 0 Å². The normalized spacial score (nSPS) is 15.9. The molecule has 0 bridgehead atoms. The first-order chi connectivity index (χ1) is 25.4. The predicted octanol–water partition coefficient (Wildman–Crippen LogP) is 9.98. The number of aliphatic imine (C=N–C) groups is 1. The molecule has 1 atom stereocenters. The van der Waals surface area contributed by atoms with E-state index in [0.717, 1.165) is 16.7 Å². The summed E-state index contributed by atoms with van der Waals surface area (Å²) in [5.74, 6) is 1.06. The van der Waals surface area contributed by atoms with Gasteiger partial charge in [-0.05, 0) is 87.4 Å². The molecule has 1 aliphatic heterocycles. The van der Waals surface area contributed by atoms with E-state index in [2.05, 4.69) is 0 Å². The van der Waals surface area contributed by atoms with Gasteiger partial charge >= 0.3 is 6.09 Å². The molecule has 268 valence electrons. The number of amides is 1. The average Bonchev–Trinajstić information content (AvgIpc) is 3.53. The van der Waals surface area contributed by atoms with Crippen LogP contribution in [0, 0.1) is 0 Å². The quantitative estimate of drug-likeness (QED) is 0.164. The van der Waals surface area contributed by atoms with Gasteiger partial charge in [-0.25, -0.2) is 4.79 Å². The van der Waals surface area contributed by atoms with Gasteiger partial charge in [0.05, 0.1) is 37.2 Å². The number of rotatable bonds is 7. The molecule has 1 aromatic heterocycles. The Morgan fingerprint density at radius 2 is 1.38 bits per heavy atom. The monoisotopic (exact) mass is 725 g/mol. The number of aromatic nitrogens is 1. The van der Waals surface area contributed by atoms with Crippen molar-refractivity contribution in [2.24, 2.45) is 4.99 Å². The van der Waals surface area contributed by atoms with E-state index in [1.165, 1.54) is 4.57 Å². The molecule has 1 amide bonds. The lowest BCUT2D eigenvalue weighted by molar-refractivity contribution is -0.123. The molecule has 0 radical (unpaired) electrons. The Balaban J connectivity index is 1.56. The van der Waals surface area contributed by atoms with Gasteiger partial charge < -0.3 is 14.2 Å². The molecular formula is C44H40ClN3O5. The first kappa shape index (κ1) is 35.5. The molecule has 5 aromatic carbocycles. The zero-order valence-corrected chi connectivity index (χ0v) is 31.2. The van der Waals surface area contributed by atoms with Crippen LogP contribution < -0.4 is 14.4 Å². The minimum atomic E-state index is -1.57. The van der Waals surface area contributed by atoms with Crippen molar-refractivity contribution < 1.29 is 23.8 Å². The second kappa shape index (κ2) is 13.9. The van der Waals surface area contributed by atoms with Crippen LogP contribution in [-0.4, -0.2) is 42.1 Å². The van der Waals surface area contributed by atoms with Crippen LogP contribution in [0.1, 0.15) is 61.6 Å². The first-order valence-corrected chi connectivity index (χ1v) is 17.7. The fraction of sp³-hybridized carbons (Fsp3) is 0.205. The number of hydrogen-bond acceptors (Lipinski definition) is 6. The van der Waals surface area contributed by atoms with E-state index in [0.29, 0.717) is 50.0 Å². The fourth-order valence-electron chi connectivity index (χ4n) is 6.92. The van der Waals surface area contributed by atoms with Crippen molar-refractivity contribution in [1.29, 1.82) is 0 Å². The number of carbonyl (C=O) groups excluding carboxylic acids is 2. The summed E-state index contributed by atoms with van der Waals surface area (Å²) in [4.78, 5) is 37.0. The van der Waals surface area contributed by atoms with Gasteiger partial charge in [-0.2, -0.15) is 0 Å². The van der Waals surface area contributed by atoms with Crippen molar-refractivity contribution in [3.8, 4) is 11.5 Å². The van der Waals surface area contributed by atoms with E-state index >= 15 is 4.79 Å². The molecule has 53 heavy (non-hydrogen) atoms. The molecule has 0 N–H and O–H groups in total. The highest BCUT2D eigenvalue weighted by molar-refractivity contribution is 6.32. The van der Waals surface area contributed by atoms with E-state index in [1.54, 1.807) is 26.5 Å². The smallest absolute Gasteiger partial charge is 0.419 e. The SMILES string of the molecule is COc1ccc(C(c2ccc(OC)cc2)N2C(=O)[C@@](C)(c3cn(C(=O)OC(C)(C)C)c4ccccc34)N=C(c3ccccc3)c3cc(Cl)ccc32)cc1. The molecule has 0 fully saturated rings. The summed E-state index contributed by atoms with van der Waals surface area (Å²) in [6.07, 6.45) is 1.14. The number of benzene rings is 5. The zero-order valence-electron chi connectivity index (χ0n) is 30.5. The Morgan fingerprint density at radius 3 is 1.96 bits per heavy atom. The van der Waals surface area contributed by atoms with Crippen molar-refractivity contribution in [2.75, 3.05) is 19.1 Å². The van der Waals surface area contributed by atoms with E-state index in [-0.39, 0.29) is 5.91 Å². The molecule has 0 spiro atoms. The van der Waals surface area contributed by atoms with Crippen molar-refractivity contribution in [3.05, 3.63) is 160 Å². The van der Waals surface area contributed by atoms with Gasteiger partial charge in [-0.3, -0.25) is 19.3 Å². The Kier molecular flexibility index (Phi) is 9.34. The van der Waals surface area contributed by atoms with E-state index in [4.69, 9.17) is 30.8 Å². The molecule has 0 unspecified atom stereocenters. The largest absolute Gasteiger partial charge is 0.497 e. The third-order valence-corrected chi connectivity index (χ3v) is 9.67. The Bertz CT molecular complexity index is 2300. The topological polar surface area (TPSA) is 82.4 Å². The molecular weight excluding hydrogens is 686 g/mol. The van der Waals surface area contributed by atoms with Crippen LogP contribution in [0.3, 0.4) is 0 Å². The van der Waals surface area contributed by atoms with Crippen LogP contribution in [0.4, 0.5) is 10.5 Å². The van der Waals surface area contributed by atoms with Gasteiger partial charge in [0.15, 0.2) is 5.54 Å². The second-order valence-electron chi connectivity index (χ2n) is 14.1. The number of ether oxygens (including phenoxy) is 3. The number of hydrogen-bond donors (Lipinski definition) is 0. The van der Waals surface area contributed by atoms with E-state index < -0.39 is 23.3 Å². The Hall–Kier alpha value is -5.86. The third kappa shape index (κ3) is 6.66. The number of carbonyl (C=O) groups is 2. The Labute approximate surface area is 314 Å². The molecule has 6 aromatic rings. The van der Waals surface area contributed by atoms with Crippen LogP contribution in [0.5, 0.6) is 11.5 Å². The summed E-state index contributed by atoms with van der Waals surface area (Å²) in [7, 11) is 3.24. The van der Waals surface area contributed by atoms with Gasteiger partial charge in [0.1, 0.15) is 17.1 Å². The fourth-order valence-corrected chi connectivity index (χ4v) is 7.10. The number of anilines is 1. The van der Waals surface area contributed by atoms with Gasteiger partial charge in [-0.15, -0.1) is 0 Å². The number of benzodiazepines with no additional fused rings is 1. The zero-order chi connectivity index (χ0) is 37.5. The maximum Gasteiger partial charge on any atom is 0.419 e. The minimum Gasteiger partial charge on any atom is -0.497 e. The van der Waals surface area contributed by atoms with E-state index in [9.17, 15) is 4.79 Å². The van der Waals surface area contributed by atoms with Crippen molar-refractivity contribution in [1.82, 2.24) is 4.57 Å². The summed E-state index contributed by atoms with van der Waals surface area (Å²) < 4.78 is 18.3. The summed E-state index contributed by atoms with van der Waals surface area (Å²) in [6.45, 7) is 7.29. The van der Waals surface area contributed by atoms with Crippen molar-refractivity contribution in [2.45, 2.75) is 44.9 Å². The molecule has 7 rings (SSSR count). The Morgan fingerprint density at radius 1 is 0.792 bits per heavy atom. The third-order valence-electron chi connectivity index (χ3n) is 9.44. The summed E-state index contributed by atoms with van der Waals surface area (Å²) >= 11 is 6.76. The predicted molar refractivity (Wildman–Crippen MR) is 210 cm³/mol. The van der Waals surface area contributed by atoms with Gasteiger partial charge in [0.2, 0.25) is 0 Å². The summed E-state index contributed by atoms with van der Waals surface area (Å²) in [5.41, 5.74) is 3.20. The van der Waals surface area contributed by atoms with Crippen molar-refractivity contribution >= 4 is 45.9 Å². The number of halogens is 1. The number of methoxy groups -OCH3 is 2. The second-order valence-corrected chi connectivity index (χ2v) is 14.5. The number of fused-ring (bicyclic) bond motifs is 2. The summed E-state index contributed by atoms with van der Waals surface area (Å²) in [6, 6.07) is 37.6.